The van der Waals surface area contributed by atoms with Crippen LogP contribution in [-0.2, 0) is 21.3 Å². The van der Waals surface area contributed by atoms with Gasteiger partial charge in [0, 0.05) is 30.0 Å². The number of epoxide rings is 1. The average molecular weight is 345 g/mol. The SMILES string of the molecule is COc1ccc2c3c1OC1C34CCN(C)C(C2)C4[C@H]2O[C@H]2[C@@]1(O)OC. The fourth-order valence-corrected chi connectivity index (χ4v) is 6.40. The van der Waals surface area contributed by atoms with E-state index in [4.69, 9.17) is 18.9 Å². The van der Waals surface area contributed by atoms with Crippen molar-refractivity contribution >= 4 is 0 Å². The van der Waals surface area contributed by atoms with Crippen LogP contribution < -0.4 is 9.47 Å². The fraction of sp³-hybridized carbons (Fsp3) is 0.684. The number of likely N-dealkylation sites (N-methyl/N-ethyl adjacent to an activating group) is 1. The highest BCUT2D eigenvalue weighted by atomic mass is 16.7. The second-order valence-electron chi connectivity index (χ2n) is 8.17. The molecule has 3 heterocycles. The van der Waals surface area contributed by atoms with Gasteiger partial charge in [0.15, 0.2) is 17.6 Å². The van der Waals surface area contributed by atoms with Crippen molar-refractivity contribution in [3.63, 3.8) is 0 Å². The first kappa shape index (κ1) is 14.8. The average Bonchev–Trinajstić information content (AvgIpc) is 3.35. The molecule has 2 bridgehead atoms. The molecule has 3 aliphatic heterocycles. The number of fused-ring (bicyclic) bond motifs is 1. The number of hydrogen-bond donors (Lipinski definition) is 1. The number of hydrogen-bond acceptors (Lipinski definition) is 6. The Morgan fingerprint density at radius 3 is 2.92 bits per heavy atom. The summed E-state index contributed by atoms with van der Waals surface area (Å²) in [5.41, 5.74) is 2.27. The quantitative estimate of drug-likeness (QED) is 0.628. The summed E-state index contributed by atoms with van der Waals surface area (Å²) in [7, 11) is 5.42. The monoisotopic (exact) mass is 345 g/mol. The van der Waals surface area contributed by atoms with Crippen molar-refractivity contribution in [3.8, 4) is 11.5 Å². The molecule has 1 spiro atoms. The van der Waals surface area contributed by atoms with Crippen LogP contribution >= 0.6 is 0 Å². The number of methoxy groups -OCH3 is 2. The van der Waals surface area contributed by atoms with E-state index in [2.05, 4.69) is 18.0 Å². The van der Waals surface area contributed by atoms with Crippen molar-refractivity contribution in [3.05, 3.63) is 23.3 Å². The molecule has 1 N–H and O–H groups in total. The molecule has 7 atom stereocenters. The molecule has 1 aromatic rings. The molecule has 0 amide bonds. The number of nitrogens with zero attached hydrogens (tertiary/aromatic N) is 1. The zero-order chi connectivity index (χ0) is 17.1. The molecule has 25 heavy (non-hydrogen) atoms. The molecule has 6 heteroatoms. The molecule has 1 saturated carbocycles. The lowest BCUT2D eigenvalue weighted by Gasteiger charge is -2.58. The maximum Gasteiger partial charge on any atom is 0.233 e. The van der Waals surface area contributed by atoms with Crippen LogP contribution in [0, 0.1) is 5.92 Å². The minimum absolute atomic E-state index is 0.0304. The largest absolute Gasteiger partial charge is 0.493 e. The van der Waals surface area contributed by atoms with Crippen LogP contribution in [0.4, 0.5) is 0 Å². The van der Waals surface area contributed by atoms with Crippen LogP contribution in [-0.4, -0.2) is 68.0 Å². The van der Waals surface area contributed by atoms with Crippen LogP contribution in [0.3, 0.4) is 0 Å². The smallest absolute Gasteiger partial charge is 0.233 e. The van der Waals surface area contributed by atoms with Crippen molar-refractivity contribution in [1.29, 1.82) is 0 Å². The molecule has 1 aromatic carbocycles. The van der Waals surface area contributed by atoms with Crippen LogP contribution in [0.15, 0.2) is 12.1 Å². The predicted octanol–water partition coefficient (Wildman–Crippen LogP) is 0.686. The Labute approximate surface area is 146 Å². The van der Waals surface area contributed by atoms with E-state index in [9.17, 15) is 5.11 Å². The Kier molecular flexibility index (Phi) is 2.55. The van der Waals surface area contributed by atoms with Crippen LogP contribution in [0.25, 0.3) is 0 Å². The first-order chi connectivity index (χ1) is 12.1. The third-order valence-electron chi connectivity index (χ3n) is 7.47. The summed E-state index contributed by atoms with van der Waals surface area (Å²) in [5.74, 6) is 0.444. The topological polar surface area (TPSA) is 63.7 Å². The van der Waals surface area contributed by atoms with Crippen molar-refractivity contribution in [2.45, 2.75) is 48.4 Å². The van der Waals surface area contributed by atoms with Gasteiger partial charge in [-0.3, -0.25) is 0 Å². The van der Waals surface area contributed by atoms with Gasteiger partial charge in [0.05, 0.1) is 13.2 Å². The summed E-state index contributed by atoms with van der Waals surface area (Å²) in [6.45, 7) is 0.980. The van der Waals surface area contributed by atoms with Crippen LogP contribution in [0.1, 0.15) is 17.5 Å². The number of rotatable bonds is 2. The van der Waals surface area contributed by atoms with Crippen LogP contribution in [0.5, 0.6) is 11.5 Å². The molecule has 3 fully saturated rings. The van der Waals surface area contributed by atoms with Gasteiger partial charge in [0.25, 0.3) is 0 Å². The number of likely N-dealkylation sites (tertiary alicyclic amines) is 1. The lowest BCUT2D eigenvalue weighted by atomic mass is 9.50. The highest BCUT2D eigenvalue weighted by molar-refractivity contribution is 5.62. The number of aliphatic hydroxyl groups is 1. The Morgan fingerprint density at radius 2 is 2.16 bits per heavy atom. The standard InChI is InChI=1S/C19H23NO5/c1-20-7-6-18-12-9-4-5-11(22-2)14(12)25-17(18)19(21,23-3)16-15(24-16)13(18)10(20)8-9/h4-5,10,13,15-17,21H,6-8H2,1-3H3/t10?,13?,15-,16-,17?,18?,19-/m1/s1. The molecule has 2 saturated heterocycles. The van der Waals surface area contributed by atoms with E-state index in [0.717, 1.165) is 30.9 Å². The summed E-state index contributed by atoms with van der Waals surface area (Å²) < 4.78 is 23.6. The molecule has 6 nitrogen and oxygen atoms in total. The minimum Gasteiger partial charge on any atom is -0.493 e. The first-order valence-corrected chi connectivity index (χ1v) is 9.06. The zero-order valence-electron chi connectivity index (χ0n) is 14.7. The summed E-state index contributed by atoms with van der Waals surface area (Å²) in [6, 6.07) is 4.56. The van der Waals surface area contributed by atoms with E-state index in [1.807, 2.05) is 6.07 Å². The third-order valence-corrected chi connectivity index (χ3v) is 7.47. The van der Waals surface area contributed by atoms with E-state index in [-0.39, 0.29) is 17.6 Å². The van der Waals surface area contributed by atoms with E-state index in [1.54, 1.807) is 14.2 Å². The zero-order valence-corrected chi connectivity index (χ0v) is 14.7. The number of ether oxygens (including phenoxy) is 4. The second-order valence-corrected chi connectivity index (χ2v) is 8.17. The molecule has 5 aliphatic rings. The first-order valence-electron chi connectivity index (χ1n) is 9.06. The highest BCUT2D eigenvalue weighted by Crippen LogP contribution is 2.69. The van der Waals surface area contributed by atoms with Crippen LogP contribution in [0.2, 0.25) is 0 Å². The van der Waals surface area contributed by atoms with Gasteiger partial charge in [-0.1, -0.05) is 6.07 Å². The fourth-order valence-electron chi connectivity index (χ4n) is 6.40. The molecule has 6 rings (SSSR count). The van der Waals surface area contributed by atoms with E-state index < -0.39 is 11.9 Å². The molecular weight excluding hydrogens is 322 g/mol. The van der Waals surface area contributed by atoms with E-state index in [1.165, 1.54) is 11.1 Å². The Balaban J connectivity index is 1.66. The summed E-state index contributed by atoms with van der Waals surface area (Å²) in [4.78, 5) is 2.45. The Morgan fingerprint density at radius 1 is 1.32 bits per heavy atom. The summed E-state index contributed by atoms with van der Waals surface area (Å²) in [6.07, 6.45) is 1.18. The molecule has 0 radical (unpaired) electrons. The second kappa shape index (κ2) is 4.31. The van der Waals surface area contributed by atoms with Gasteiger partial charge in [0.2, 0.25) is 5.79 Å². The van der Waals surface area contributed by atoms with Gasteiger partial charge in [-0.25, -0.2) is 0 Å². The van der Waals surface area contributed by atoms with E-state index >= 15 is 0 Å². The van der Waals surface area contributed by atoms with Gasteiger partial charge < -0.3 is 29.0 Å². The normalized spacial score (nSPS) is 48.4. The lowest BCUT2D eigenvalue weighted by molar-refractivity contribution is -0.272. The summed E-state index contributed by atoms with van der Waals surface area (Å²) in [5, 5.41) is 11.4. The number of benzene rings is 1. The van der Waals surface area contributed by atoms with Crippen molar-refractivity contribution < 1.29 is 24.1 Å². The third kappa shape index (κ3) is 1.42. The van der Waals surface area contributed by atoms with Crippen molar-refractivity contribution in [1.82, 2.24) is 4.90 Å². The Bertz CT molecular complexity index is 783. The van der Waals surface area contributed by atoms with Crippen molar-refractivity contribution in [2.75, 3.05) is 27.8 Å². The molecule has 0 aromatic heterocycles. The molecule has 2 aliphatic carbocycles. The Hall–Kier alpha value is -1.34. The van der Waals surface area contributed by atoms with Gasteiger partial charge in [-0.2, -0.15) is 0 Å². The maximum atomic E-state index is 11.4. The van der Waals surface area contributed by atoms with Gasteiger partial charge in [-0.05, 0) is 38.1 Å². The van der Waals surface area contributed by atoms with Gasteiger partial charge in [0.1, 0.15) is 6.10 Å². The minimum atomic E-state index is -1.42. The van der Waals surface area contributed by atoms with Gasteiger partial charge in [-0.15, -0.1) is 0 Å². The molecule has 134 valence electrons. The lowest BCUT2D eigenvalue weighted by Crippen LogP contribution is -2.73. The highest BCUT2D eigenvalue weighted by Gasteiger charge is 2.80. The van der Waals surface area contributed by atoms with Gasteiger partial charge >= 0.3 is 0 Å². The number of piperidine rings is 1. The van der Waals surface area contributed by atoms with E-state index in [0.29, 0.717) is 12.0 Å². The molecule has 4 unspecified atom stereocenters. The maximum absolute atomic E-state index is 11.4. The summed E-state index contributed by atoms with van der Waals surface area (Å²) >= 11 is 0. The predicted molar refractivity (Wildman–Crippen MR) is 87.9 cm³/mol. The molecular formula is C19H23NO5. The van der Waals surface area contributed by atoms with Crippen molar-refractivity contribution in [2.24, 2.45) is 5.92 Å².